The minimum Gasteiger partial charge on any atom is -0.481 e. The van der Waals surface area contributed by atoms with Crippen LogP contribution in [-0.2, 0) is 4.79 Å². The fraction of sp³-hybridized carbons (Fsp3) is 0.286. The fourth-order valence-corrected chi connectivity index (χ4v) is 0.869. The number of nitrogens with zero attached hydrogens (tertiary/aromatic N) is 2. The second-order valence-corrected chi connectivity index (χ2v) is 2.65. The van der Waals surface area contributed by atoms with Gasteiger partial charge in [-0.3, -0.25) is 4.79 Å². The maximum absolute atomic E-state index is 10.5. The molecule has 65 valence electrons. The summed E-state index contributed by atoms with van der Waals surface area (Å²) in [5.74, 6) is -1.57. The van der Waals surface area contributed by atoms with Gasteiger partial charge in [0, 0.05) is 35.8 Å². The Hall–Kier alpha value is -0.160. The molecular weight excluding hydrogens is 203 g/mol. The average molecular weight is 210 g/mol. The zero-order chi connectivity index (χ0) is 9.14. The molecule has 0 amide bonds. The van der Waals surface area contributed by atoms with E-state index in [2.05, 4.69) is 9.97 Å². The van der Waals surface area contributed by atoms with Gasteiger partial charge in [-0.2, -0.15) is 0 Å². The molecule has 1 aromatic heterocycles. The van der Waals surface area contributed by atoms with Crippen molar-refractivity contribution in [2.45, 2.75) is 12.8 Å². The second kappa shape index (κ2) is 5.54. The van der Waals surface area contributed by atoms with E-state index < -0.39 is 11.9 Å². The Morgan fingerprint density at radius 2 is 2.31 bits per heavy atom. The van der Waals surface area contributed by atoms with Gasteiger partial charge in [0.2, 0.25) is 5.28 Å². The molecule has 1 heterocycles. The van der Waals surface area contributed by atoms with Crippen molar-refractivity contribution in [1.82, 2.24) is 9.97 Å². The minimum atomic E-state index is -0.926. The van der Waals surface area contributed by atoms with Crippen LogP contribution >= 0.6 is 11.6 Å². The normalized spacial score (nSPS) is 11.5. The summed E-state index contributed by atoms with van der Waals surface area (Å²) in [7, 11) is 0. The summed E-state index contributed by atoms with van der Waals surface area (Å²) in [6.45, 7) is 1.54. The van der Waals surface area contributed by atoms with E-state index in [9.17, 15) is 4.79 Å². The number of aromatic nitrogens is 2. The van der Waals surface area contributed by atoms with Crippen molar-refractivity contribution in [2.75, 3.05) is 0 Å². The third-order valence-electron chi connectivity index (χ3n) is 1.46. The Labute approximate surface area is 103 Å². The molecule has 1 atom stereocenters. The van der Waals surface area contributed by atoms with Crippen LogP contribution in [0.15, 0.2) is 12.3 Å². The van der Waals surface area contributed by atoms with Crippen LogP contribution in [0.2, 0.25) is 5.28 Å². The van der Waals surface area contributed by atoms with Crippen molar-refractivity contribution in [1.29, 1.82) is 0 Å². The van der Waals surface area contributed by atoms with E-state index in [4.69, 9.17) is 16.7 Å². The van der Waals surface area contributed by atoms with E-state index >= 15 is 0 Å². The van der Waals surface area contributed by atoms with E-state index in [1.807, 2.05) is 0 Å². The van der Waals surface area contributed by atoms with Crippen LogP contribution in [0.5, 0.6) is 0 Å². The van der Waals surface area contributed by atoms with Crippen LogP contribution in [-0.4, -0.2) is 50.6 Å². The van der Waals surface area contributed by atoms with Crippen LogP contribution in [0.3, 0.4) is 0 Å². The Morgan fingerprint density at radius 3 is 2.77 bits per heavy atom. The molecule has 0 aliphatic rings. The molecule has 0 spiro atoms. The summed E-state index contributed by atoms with van der Waals surface area (Å²) in [6, 6.07) is 1.53. The summed E-state index contributed by atoms with van der Waals surface area (Å²) in [4.78, 5) is 17.9. The van der Waals surface area contributed by atoms with Gasteiger partial charge in [0.05, 0.1) is 11.6 Å². The molecule has 0 aliphatic heterocycles. The summed E-state index contributed by atoms with van der Waals surface area (Å²) < 4.78 is 0. The molecule has 0 aromatic carbocycles. The molecule has 0 saturated carbocycles. The van der Waals surface area contributed by atoms with E-state index in [0.29, 0.717) is 5.69 Å². The summed E-state index contributed by atoms with van der Waals surface area (Å²) >= 11 is 5.48. The quantitative estimate of drug-likeness (QED) is 0.582. The molecule has 1 aromatic rings. The van der Waals surface area contributed by atoms with E-state index in [0.717, 1.165) is 0 Å². The Kier molecular flexibility index (Phi) is 5.48. The van der Waals surface area contributed by atoms with E-state index in [-0.39, 0.29) is 34.8 Å². The number of hydrogen-bond donors (Lipinski definition) is 1. The topological polar surface area (TPSA) is 63.1 Å². The molecule has 1 radical (unpaired) electrons. The van der Waals surface area contributed by atoms with Crippen molar-refractivity contribution < 1.29 is 9.90 Å². The monoisotopic (exact) mass is 209 g/mol. The van der Waals surface area contributed by atoms with Crippen molar-refractivity contribution in [3.8, 4) is 0 Å². The van der Waals surface area contributed by atoms with Crippen molar-refractivity contribution in [3.05, 3.63) is 23.2 Å². The Balaban J connectivity index is 0.00000144. The third kappa shape index (κ3) is 3.60. The zero-order valence-corrected chi connectivity index (χ0v) is 10.1. The molecule has 6 heteroatoms. The van der Waals surface area contributed by atoms with Gasteiger partial charge in [-0.1, -0.05) is 0 Å². The van der Waals surface area contributed by atoms with Crippen LogP contribution < -0.4 is 0 Å². The molecule has 0 aliphatic carbocycles. The van der Waals surface area contributed by atoms with Gasteiger partial charge in [0.25, 0.3) is 0 Å². The van der Waals surface area contributed by atoms with Gasteiger partial charge >= 0.3 is 5.97 Å². The molecule has 1 rings (SSSR count). The first kappa shape index (κ1) is 12.8. The minimum absolute atomic E-state index is 0. The summed E-state index contributed by atoms with van der Waals surface area (Å²) in [5, 5.41) is 8.69. The zero-order valence-electron chi connectivity index (χ0n) is 7.36. The maximum Gasteiger partial charge on any atom is 0.312 e. The van der Waals surface area contributed by atoms with Crippen molar-refractivity contribution in [2.24, 2.45) is 0 Å². The molecule has 0 fully saturated rings. The number of halogens is 1. The van der Waals surface area contributed by atoms with Gasteiger partial charge in [-0.05, 0) is 24.6 Å². The Morgan fingerprint density at radius 1 is 1.69 bits per heavy atom. The van der Waals surface area contributed by atoms with Crippen molar-refractivity contribution >= 4 is 47.1 Å². The van der Waals surface area contributed by atoms with Crippen LogP contribution in [0, 0.1) is 0 Å². The fourth-order valence-electron chi connectivity index (χ4n) is 0.715. The predicted octanol–water partition coefficient (Wildman–Crippen LogP) is 0.937. The smallest absolute Gasteiger partial charge is 0.312 e. The number of carboxylic acids is 1. The molecule has 13 heavy (non-hydrogen) atoms. The number of carboxylic acid groups (broad SMARTS) is 1. The molecule has 1 unspecified atom stereocenters. The van der Waals surface area contributed by atoms with Gasteiger partial charge in [-0.25, -0.2) is 9.97 Å². The third-order valence-corrected chi connectivity index (χ3v) is 1.64. The average Bonchev–Trinajstić information content (AvgIpc) is 2.03. The van der Waals surface area contributed by atoms with Crippen molar-refractivity contribution in [3.63, 3.8) is 0 Å². The van der Waals surface area contributed by atoms with Gasteiger partial charge in [0.15, 0.2) is 0 Å². The standard InChI is InChI=1S/C7H7ClN2O2.Na/c1-4(6(11)12)5-2-3-9-7(8)10-5;/h2-4H,1H3,(H,11,12);. The molecule has 0 bridgehead atoms. The van der Waals surface area contributed by atoms with Gasteiger partial charge in [0.1, 0.15) is 0 Å². The number of rotatable bonds is 2. The molecular formula is C7H7ClN2NaO2. The Bertz CT molecular complexity index is 308. The summed E-state index contributed by atoms with van der Waals surface area (Å²) in [6.07, 6.45) is 1.43. The SMILES string of the molecule is CC(C(=O)O)c1ccnc(Cl)n1.[Na]. The second-order valence-electron chi connectivity index (χ2n) is 2.31. The van der Waals surface area contributed by atoms with Gasteiger partial charge < -0.3 is 5.11 Å². The van der Waals surface area contributed by atoms with E-state index in [1.165, 1.54) is 12.3 Å². The molecule has 0 saturated heterocycles. The first-order chi connectivity index (χ1) is 5.61. The largest absolute Gasteiger partial charge is 0.481 e. The predicted molar refractivity (Wildman–Crippen MR) is 48.8 cm³/mol. The van der Waals surface area contributed by atoms with Crippen LogP contribution in [0.4, 0.5) is 0 Å². The maximum atomic E-state index is 10.5. The van der Waals surface area contributed by atoms with Crippen LogP contribution in [0.25, 0.3) is 0 Å². The number of aliphatic carboxylic acids is 1. The van der Waals surface area contributed by atoms with Crippen LogP contribution in [0.1, 0.15) is 18.5 Å². The first-order valence-electron chi connectivity index (χ1n) is 3.32. The summed E-state index contributed by atoms with van der Waals surface area (Å²) in [5.41, 5.74) is 0.419. The first-order valence-corrected chi connectivity index (χ1v) is 3.70. The molecule has 1 N–H and O–H groups in total. The molecule has 4 nitrogen and oxygen atoms in total. The van der Waals surface area contributed by atoms with Gasteiger partial charge in [-0.15, -0.1) is 0 Å². The number of carbonyl (C=O) groups is 1. The number of hydrogen-bond acceptors (Lipinski definition) is 3. The van der Waals surface area contributed by atoms with E-state index in [1.54, 1.807) is 6.92 Å².